The molecule has 2 rings (SSSR count). The van der Waals surface area contributed by atoms with Gasteiger partial charge in [-0.25, -0.2) is 0 Å². The molecule has 1 amide bonds. The molecule has 0 fully saturated rings. The maximum Gasteiger partial charge on any atom is 0.221 e. The molecule has 0 heterocycles. The van der Waals surface area contributed by atoms with Crippen LogP contribution in [0.1, 0.15) is 12.5 Å². The second kappa shape index (κ2) is 5.91. The lowest BCUT2D eigenvalue weighted by atomic mass is 10.2. The summed E-state index contributed by atoms with van der Waals surface area (Å²) >= 11 is 0. The van der Waals surface area contributed by atoms with E-state index in [0.29, 0.717) is 0 Å². The summed E-state index contributed by atoms with van der Waals surface area (Å²) in [6.45, 7) is 3.41. The SMILES string of the molecule is CC(=O)Nc1ccc(N=Nc2ccccc2)cc1C. The van der Waals surface area contributed by atoms with E-state index in [0.717, 1.165) is 22.6 Å². The standard InChI is InChI=1S/C15H15N3O/c1-11-10-14(8-9-15(11)16-12(2)19)18-17-13-6-4-3-5-7-13/h3-10H,1-2H3,(H,16,19). The number of azo groups is 1. The lowest BCUT2D eigenvalue weighted by Crippen LogP contribution is -2.06. The number of benzene rings is 2. The van der Waals surface area contributed by atoms with Gasteiger partial charge in [-0.1, -0.05) is 18.2 Å². The number of hydrogen-bond acceptors (Lipinski definition) is 3. The molecular weight excluding hydrogens is 238 g/mol. The van der Waals surface area contributed by atoms with E-state index in [1.54, 1.807) is 0 Å². The first kappa shape index (κ1) is 13.0. The summed E-state index contributed by atoms with van der Waals surface area (Å²) < 4.78 is 0. The van der Waals surface area contributed by atoms with E-state index in [9.17, 15) is 4.79 Å². The van der Waals surface area contributed by atoms with Crippen LogP contribution in [0, 0.1) is 6.92 Å². The molecule has 0 bridgehead atoms. The van der Waals surface area contributed by atoms with Gasteiger partial charge in [0.05, 0.1) is 11.4 Å². The van der Waals surface area contributed by atoms with Gasteiger partial charge in [-0.3, -0.25) is 4.79 Å². The Morgan fingerprint density at radius 3 is 2.32 bits per heavy atom. The van der Waals surface area contributed by atoms with Crippen molar-refractivity contribution in [2.75, 3.05) is 5.32 Å². The summed E-state index contributed by atoms with van der Waals surface area (Å²) in [6.07, 6.45) is 0. The Labute approximate surface area is 112 Å². The van der Waals surface area contributed by atoms with Gasteiger partial charge in [0.1, 0.15) is 0 Å². The number of carbonyl (C=O) groups is 1. The third-order valence-electron chi connectivity index (χ3n) is 2.56. The van der Waals surface area contributed by atoms with E-state index < -0.39 is 0 Å². The Morgan fingerprint density at radius 1 is 1.00 bits per heavy atom. The largest absolute Gasteiger partial charge is 0.326 e. The molecule has 96 valence electrons. The van der Waals surface area contributed by atoms with E-state index in [4.69, 9.17) is 0 Å². The molecule has 2 aromatic carbocycles. The Kier molecular flexibility index (Phi) is 4.03. The van der Waals surface area contributed by atoms with Gasteiger partial charge in [0.25, 0.3) is 0 Å². The van der Waals surface area contributed by atoms with Crippen molar-refractivity contribution in [2.45, 2.75) is 13.8 Å². The molecule has 0 atom stereocenters. The van der Waals surface area contributed by atoms with E-state index in [2.05, 4.69) is 15.5 Å². The van der Waals surface area contributed by atoms with Gasteiger partial charge in [-0.15, -0.1) is 0 Å². The van der Waals surface area contributed by atoms with Crippen molar-refractivity contribution >= 4 is 23.0 Å². The number of amides is 1. The first-order chi connectivity index (χ1) is 9.15. The highest BCUT2D eigenvalue weighted by Gasteiger charge is 2.01. The summed E-state index contributed by atoms with van der Waals surface area (Å²) in [6, 6.07) is 15.1. The average molecular weight is 253 g/mol. The van der Waals surface area contributed by atoms with E-state index >= 15 is 0 Å². The monoisotopic (exact) mass is 253 g/mol. The molecule has 4 nitrogen and oxygen atoms in total. The van der Waals surface area contributed by atoms with Crippen molar-refractivity contribution in [3.05, 3.63) is 54.1 Å². The van der Waals surface area contributed by atoms with Gasteiger partial charge in [0.2, 0.25) is 5.91 Å². The maximum atomic E-state index is 11.0. The van der Waals surface area contributed by atoms with Gasteiger partial charge in [0.15, 0.2) is 0 Å². The van der Waals surface area contributed by atoms with Crippen molar-refractivity contribution in [3.8, 4) is 0 Å². The van der Waals surface area contributed by atoms with Crippen molar-refractivity contribution in [1.29, 1.82) is 0 Å². The molecule has 0 spiro atoms. The zero-order valence-corrected chi connectivity index (χ0v) is 10.9. The first-order valence-corrected chi connectivity index (χ1v) is 6.00. The fourth-order valence-corrected chi connectivity index (χ4v) is 1.65. The molecule has 0 saturated heterocycles. The number of anilines is 1. The van der Waals surface area contributed by atoms with E-state index in [-0.39, 0.29) is 5.91 Å². The third-order valence-corrected chi connectivity index (χ3v) is 2.56. The minimum atomic E-state index is -0.0817. The number of aryl methyl sites for hydroxylation is 1. The molecule has 4 heteroatoms. The fraction of sp³-hybridized carbons (Fsp3) is 0.133. The summed E-state index contributed by atoms with van der Waals surface area (Å²) in [7, 11) is 0. The molecule has 0 unspecified atom stereocenters. The predicted molar refractivity (Wildman–Crippen MR) is 76.1 cm³/mol. The second-order valence-electron chi connectivity index (χ2n) is 4.22. The lowest BCUT2D eigenvalue weighted by Gasteiger charge is -2.06. The Morgan fingerprint density at radius 2 is 1.68 bits per heavy atom. The molecular formula is C15H15N3O. The van der Waals surface area contributed by atoms with Crippen LogP contribution in [0.15, 0.2) is 58.8 Å². The van der Waals surface area contributed by atoms with Crippen molar-refractivity contribution in [1.82, 2.24) is 0 Å². The van der Waals surface area contributed by atoms with Crippen LogP contribution in [0.25, 0.3) is 0 Å². The number of nitrogens with zero attached hydrogens (tertiary/aromatic N) is 2. The second-order valence-corrected chi connectivity index (χ2v) is 4.22. The molecule has 0 aliphatic rings. The van der Waals surface area contributed by atoms with E-state index in [1.807, 2.05) is 55.5 Å². The maximum absolute atomic E-state index is 11.0. The smallest absolute Gasteiger partial charge is 0.221 e. The molecule has 0 saturated carbocycles. The lowest BCUT2D eigenvalue weighted by molar-refractivity contribution is -0.114. The first-order valence-electron chi connectivity index (χ1n) is 6.00. The van der Waals surface area contributed by atoms with Crippen LogP contribution < -0.4 is 5.32 Å². The zero-order chi connectivity index (χ0) is 13.7. The summed E-state index contributed by atoms with van der Waals surface area (Å²) in [5.74, 6) is -0.0817. The van der Waals surface area contributed by atoms with E-state index in [1.165, 1.54) is 6.92 Å². The Bertz CT molecular complexity index is 606. The van der Waals surface area contributed by atoms with Gasteiger partial charge < -0.3 is 5.32 Å². The van der Waals surface area contributed by atoms with Crippen molar-refractivity contribution in [2.24, 2.45) is 10.2 Å². The Hall–Kier alpha value is -2.49. The number of rotatable bonds is 3. The fourth-order valence-electron chi connectivity index (χ4n) is 1.65. The van der Waals surface area contributed by atoms with Crippen LogP contribution in [0.2, 0.25) is 0 Å². The highest BCUT2D eigenvalue weighted by Crippen LogP contribution is 2.23. The topological polar surface area (TPSA) is 53.8 Å². The van der Waals surface area contributed by atoms with Crippen LogP contribution in [-0.4, -0.2) is 5.91 Å². The number of carbonyl (C=O) groups excluding carboxylic acids is 1. The third kappa shape index (κ3) is 3.74. The van der Waals surface area contributed by atoms with Crippen LogP contribution in [0.4, 0.5) is 17.1 Å². The van der Waals surface area contributed by atoms with Crippen LogP contribution in [0.3, 0.4) is 0 Å². The summed E-state index contributed by atoms with van der Waals surface area (Å²) in [5, 5.41) is 11.1. The van der Waals surface area contributed by atoms with Gasteiger partial charge in [-0.05, 0) is 42.8 Å². The normalized spacial score (nSPS) is 10.6. The molecule has 0 aromatic heterocycles. The average Bonchev–Trinajstić information content (AvgIpc) is 2.40. The minimum absolute atomic E-state index is 0.0817. The molecule has 2 aromatic rings. The summed E-state index contributed by atoms with van der Waals surface area (Å²) in [5.41, 5.74) is 3.33. The molecule has 1 N–H and O–H groups in total. The Balaban J connectivity index is 2.16. The molecule has 0 aliphatic carbocycles. The van der Waals surface area contributed by atoms with Gasteiger partial charge >= 0.3 is 0 Å². The number of nitrogens with one attached hydrogen (secondary N) is 1. The summed E-state index contributed by atoms with van der Waals surface area (Å²) in [4.78, 5) is 11.0. The molecule has 0 radical (unpaired) electrons. The minimum Gasteiger partial charge on any atom is -0.326 e. The van der Waals surface area contributed by atoms with Gasteiger partial charge in [0, 0.05) is 12.6 Å². The van der Waals surface area contributed by atoms with Crippen molar-refractivity contribution < 1.29 is 4.79 Å². The van der Waals surface area contributed by atoms with Crippen molar-refractivity contribution in [3.63, 3.8) is 0 Å². The van der Waals surface area contributed by atoms with Crippen LogP contribution in [-0.2, 0) is 4.79 Å². The molecule has 19 heavy (non-hydrogen) atoms. The zero-order valence-electron chi connectivity index (χ0n) is 10.9. The van der Waals surface area contributed by atoms with Crippen LogP contribution >= 0.6 is 0 Å². The number of hydrogen-bond donors (Lipinski definition) is 1. The van der Waals surface area contributed by atoms with Gasteiger partial charge in [-0.2, -0.15) is 10.2 Å². The highest BCUT2D eigenvalue weighted by atomic mass is 16.1. The highest BCUT2D eigenvalue weighted by molar-refractivity contribution is 5.89. The predicted octanol–water partition coefficient (Wildman–Crippen LogP) is 4.37. The van der Waals surface area contributed by atoms with Crippen LogP contribution in [0.5, 0.6) is 0 Å². The quantitative estimate of drug-likeness (QED) is 0.811. The molecule has 0 aliphatic heterocycles.